The van der Waals surface area contributed by atoms with Crippen molar-refractivity contribution >= 4 is 12.2 Å². The fourth-order valence-electron chi connectivity index (χ4n) is 1.02. The van der Waals surface area contributed by atoms with Crippen LogP contribution in [0.2, 0.25) is 0 Å². The summed E-state index contributed by atoms with van der Waals surface area (Å²) in [5.41, 5.74) is 0. The molecule has 1 unspecified atom stereocenters. The minimum absolute atomic E-state index is 0.356. The van der Waals surface area contributed by atoms with Crippen molar-refractivity contribution in [1.82, 2.24) is 10.6 Å². The normalized spacial score (nSPS) is 31.1. The molecule has 2 aliphatic rings. The Morgan fingerprint density at radius 2 is 2.67 bits per heavy atom. The van der Waals surface area contributed by atoms with Crippen LogP contribution in [0.15, 0.2) is 9.98 Å². The van der Waals surface area contributed by atoms with Crippen LogP contribution < -0.4 is 10.6 Å². The number of hydrogen-bond acceptors (Lipinski definition) is 4. The molecule has 2 aliphatic heterocycles. The zero-order chi connectivity index (χ0) is 6.10. The molecule has 0 saturated heterocycles. The molecule has 0 aromatic carbocycles. The molecule has 9 heavy (non-hydrogen) atoms. The van der Waals surface area contributed by atoms with Gasteiger partial charge in [-0.2, -0.15) is 0 Å². The van der Waals surface area contributed by atoms with E-state index in [1.54, 1.807) is 6.34 Å². The van der Waals surface area contributed by atoms with Crippen LogP contribution in [0.3, 0.4) is 0 Å². The highest BCUT2D eigenvalue weighted by Crippen LogP contribution is 1.97. The molecule has 0 bridgehead atoms. The van der Waals surface area contributed by atoms with Crippen molar-refractivity contribution in [3.05, 3.63) is 0 Å². The van der Waals surface area contributed by atoms with Crippen molar-refractivity contribution in [3.8, 4) is 0 Å². The monoisotopic (exact) mass is 124 g/mol. The number of nitrogens with one attached hydrogen (secondary N) is 2. The van der Waals surface area contributed by atoms with Crippen LogP contribution in [-0.2, 0) is 0 Å². The molecule has 0 radical (unpaired) electrons. The van der Waals surface area contributed by atoms with Crippen LogP contribution in [0.25, 0.3) is 0 Å². The molecule has 4 nitrogen and oxygen atoms in total. The van der Waals surface area contributed by atoms with E-state index in [1.165, 1.54) is 0 Å². The first-order chi connectivity index (χ1) is 4.47. The van der Waals surface area contributed by atoms with Gasteiger partial charge in [-0.25, -0.2) is 0 Å². The number of rotatable bonds is 0. The molecule has 0 spiro atoms. The number of nitrogens with zero attached hydrogens (tertiary/aromatic N) is 2. The Morgan fingerprint density at radius 3 is 3.56 bits per heavy atom. The highest BCUT2D eigenvalue weighted by Gasteiger charge is 2.20. The van der Waals surface area contributed by atoms with Crippen molar-refractivity contribution in [2.75, 3.05) is 13.2 Å². The number of hydrogen-bond donors (Lipinski definition) is 2. The lowest BCUT2D eigenvalue weighted by molar-refractivity contribution is 0.675. The summed E-state index contributed by atoms with van der Waals surface area (Å²) in [6.45, 7) is 1.56. The van der Waals surface area contributed by atoms with Crippen LogP contribution in [0, 0.1) is 0 Å². The van der Waals surface area contributed by atoms with E-state index in [4.69, 9.17) is 0 Å². The summed E-state index contributed by atoms with van der Waals surface area (Å²) in [4.78, 5) is 8.20. The maximum absolute atomic E-state index is 4.16. The smallest absolute Gasteiger partial charge is 0.122 e. The summed E-state index contributed by atoms with van der Waals surface area (Å²) in [5, 5.41) is 6.16. The van der Waals surface area contributed by atoms with Gasteiger partial charge in [0.15, 0.2) is 0 Å². The maximum Gasteiger partial charge on any atom is 0.122 e. The van der Waals surface area contributed by atoms with Gasteiger partial charge < -0.3 is 5.32 Å². The van der Waals surface area contributed by atoms with Gasteiger partial charge in [0.2, 0.25) is 0 Å². The lowest BCUT2D eigenvalue weighted by Gasteiger charge is -2.13. The molecular formula is C5H8N4. The molecule has 2 rings (SSSR count). The van der Waals surface area contributed by atoms with E-state index in [2.05, 4.69) is 20.6 Å². The Bertz CT molecular complexity index is 172. The van der Waals surface area contributed by atoms with Gasteiger partial charge in [-0.15, -0.1) is 0 Å². The average molecular weight is 124 g/mol. The van der Waals surface area contributed by atoms with E-state index in [-0.39, 0.29) is 0 Å². The molecule has 2 heterocycles. The highest BCUT2D eigenvalue weighted by atomic mass is 15.2. The third-order valence-corrected chi connectivity index (χ3v) is 1.51. The van der Waals surface area contributed by atoms with Gasteiger partial charge >= 0.3 is 0 Å². The average Bonchev–Trinajstić information content (AvgIpc) is 2.33. The SMILES string of the molecule is C1=NCC2NCN=C2N1. The first-order valence-electron chi connectivity index (χ1n) is 2.99. The topological polar surface area (TPSA) is 48.8 Å². The van der Waals surface area contributed by atoms with E-state index >= 15 is 0 Å². The molecule has 0 saturated carbocycles. The van der Waals surface area contributed by atoms with Crippen molar-refractivity contribution in [2.24, 2.45) is 9.98 Å². The van der Waals surface area contributed by atoms with Crippen LogP contribution in [-0.4, -0.2) is 31.4 Å². The standard InChI is InChI=1S/C5H8N4/c1-4-5(8-2-6-1)9-3-7-4/h2,4,7H,1,3H2,(H,6,8,9). The summed E-state index contributed by atoms with van der Waals surface area (Å²) in [7, 11) is 0. The fourth-order valence-corrected chi connectivity index (χ4v) is 1.02. The lowest BCUT2D eigenvalue weighted by Crippen LogP contribution is -2.43. The first-order valence-corrected chi connectivity index (χ1v) is 2.99. The highest BCUT2D eigenvalue weighted by molar-refractivity contribution is 5.98. The van der Waals surface area contributed by atoms with Crippen molar-refractivity contribution in [3.63, 3.8) is 0 Å². The molecule has 0 aromatic rings. The van der Waals surface area contributed by atoms with E-state index in [9.17, 15) is 0 Å². The maximum atomic E-state index is 4.16. The van der Waals surface area contributed by atoms with E-state index in [1.807, 2.05) is 0 Å². The van der Waals surface area contributed by atoms with Gasteiger partial charge in [-0.1, -0.05) is 0 Å². The first kappa shape index (κ1) is 4.93. The predicted molar refractivity (Wildman–Crippen MR) is 35.7 cm³/mol. The van der Waals surface area contributed by atoms with Crippen LogP contribution in [0.5, 0.6) is 0 Å². The van der Waals surface area contributed by atoms with Gasteiger partial charge in [0, 0.05) is 0 Å². The van der Waals surface area contributed by atoms with E-state index < -0.39 is 0 Å². The summed E-state index contributed by atoms with van der Waals surface area (Å²) in [6.07, 6.45) is 1.70. The minimum atomic E-state index is 0.356. The summed E-state index contributed by atoms with van der Waals surface area (Å²) in [5.74, 6) is 1.03. The van der Waals surface area contributed by atoms with Crippen molar-refractivity contribution in [1.29, 1.82) is 0 Å². The van der Waals surface area contributed by atoms with Gasteiger partial charge in [0.05, 0.1) is 25.6 Å². The molecule has 0 aliphatic carbocycles. The van der Waals surface area contributed by atoms with Crippen molar-refractivity contribution < 1.29 is 0 Å². The molecule has 0 fully saturated rings. The summed E-state index contributed by atoms with van der Waals surface area (Å²) in [6, 6.07) is 0.356. The molecule has 0 aromatic heterocycles. The largest absolute Gasteiger partial charge is 0.334 e. The zero-order valence-electron chi connectivity index (χ0n) is 4.96. The number of fused-ring (bicyclic) bond motifs is 1. The lowest BCUT2D eigenvalue weighted by atomic mass is 10.3. The van der Waals surface area contributed by atoms with Gasteiger partial charge in [-0.3, -0.25) is 15.3 Å². The Kier molecular flexibility index (Phi) is 0.989. The Balaban J connectivity index is 2.20. The Labute approximate surface area is 53.1 Å². The van der Waals surface area contributed by atoms with Crippen LogP contribution in [0.4, 0.5) is 0 Å². The second-order valence-corrected chi connectivity index (χ2v) is 2.10. The number of amidine groups is 1. The van der Waals surface area contributed by atoms with Crippen molar-refractivity contribution in [2.45, 2.75) is 6.04 Å². The third-order valence-electron chi connectivity index (χ3n) is 1.51. The Hall–Kier alpha value is -0.900. The summed E-state index contributed by atoms with van der Waals surface area (Å²) < 4.78 is 0. The van der Waals surface area contributed by atoms with Gasteiger partial charge in [0.25, 0.3) is 0 Å². The van der Waals surface area contributed by atoms with Gasteiger partial charge in [-0.05, 0) is 0 Å². The van der Waals surface area contributed by atoms with E-state index in [0.717, 1.165) is 19.0 Å². The minimum Gasteiger partial charge on any atom is -0.334 e. The fraction of sp³-hybridized carbons (Fsp3) is 0.600. The van der Waals surface area contributed by atoms with E-state index in [0.29, 0.717) is 6.04 Å². The zero-order valence-corrected chi connectivity index (χ0v) is 4.96. The second kappa shape index (κ2) is 1.80. The molecular weight excluding hydrogens is 116 g/mol. The molecule has 48 valence electrons. The van der Waals surface area contributed by atoms with Gasteiger partial charge in [0.1, 0.15) is 5.84 Å². The summed E-state index contributed by atoms with van der Waals surface area (Å²) >= 11 is 0. The van der Waals surface area contributed by atoms with Crippen LogP contribution >= 0.6 is 0 Å². The molecule has 0 amide bonds. The molecule has 1 atom stereocenters. The van der Waals surface area contributed by atoms with Crippen LogP contribution in [0.1, 0.15) is 0 Å². The second-order valence-electron chi connectivity index (χ2n) is 2.10. The number of aliphatic imine (C=N–C) groups is 2. The molecule has 2 N–H and O–H groups in total. The quantitative estimate of drug-likeness (QED) is 0.432. The molecule has 4 heteroatoms. The third kappa shape index (κ3) is 0.712. The predicted octanol–water partition coefficient (Wildman–Crippen LogP) is -1.05. The Morgan fingerprint density at radius 1 is 1.67 bits per heavy atom.